The van der Waals surface area contributed by atoms with E-state index in [2.05, 4.69) is 84.1 Å². The second kappa shape index (κ2) is 42.6. The first kappa shape index (κ1) is 86.1. The quantitative estimate of drug-likeness (QED) is 0.0190. The van der Waals surface area contributed by atoms with Gasteiger partial charge in [-0.25, -0.2) is 4.98 Å². The number of aromatic nitrogens is 3. The van der Waals surface area contributed by atoms with Crippen LogP contribution in [0.15, 0.2) is 134 Å². The number of aliphatic hydroxyl groups is 1. The minimum absolute atomic E-state index is 0.00975. The van der Waals surface area contributed by atoms with E-state index in [0.717, 1.165) is 17.0 Å². The Morgan fingerprint density at radius 2 is 1.00 bits per heavy atom. The van der Waals surface area contributed by atoms with Crippen LogP contribution >= 0.6 is 0 Å². The van der Waals surface area contributed by atoms with Crippen LogP contribution in [-0.2, 0) is 88.0 Å². The van der Waals surface area contributed by atoms with Gasteiger partial charge in [0.25, 0.3) is 11.8 Å². The van der Waals surface area contributed by atoms with Crippen molar-refractivity contribution in [2.45, 2.75) is 186 Å². The predicted octanol–water partition coefficient (Wildman–Crippen LogP) is 1.28. The molecule has 13 amide bonds. The normalized spacial score (nSPS) is 14.9. The van der Waals surface area contributed by atoms with Crippen LogP contribution in [0.2, 0.25) is 0 Å². The molecule has 10 atom stereocenters. The summed E-state index contributed by atoms with van der Waals surface area (Å²) in [5.41, 5.74) is 2.23. The second-order valence-corrected chi connectivity index (χ2v) is 27.9. The van der Waals surface area contributed by atoms with Gasteiger partial charge in [0.2, 0.25) is 65.0 Å². The smallest absolute Gasteiger partial charge is 0.325 e. The molecule has 1 fully saturated rings. The zero-order valence-electron chi connectivity index (χ0n) is 63.2. The maximum absolute atomic E-state index is 15.3. The van der Waals surface area contributed by atoms with Crippen molar-refractivity contribution >= 4 is 105 Å². The molecule has 0 unspecified atom stereocenters. The minimum atomic E-state index is -2.02. The number of aliphatic hydroxyl groups excluding tert-OH is 1. The molecule has 3 heterocycles. The summed E-state index contributed by atoms with van der Waals surface area (Å²) in [5, 5.41) is 56.9. The number of carboxylic acid groups (broad SMARTS) is 1. The van der Waals surface area contributed by atoms with Gasteiger partial charge in [0.15, 0.2) is 6.17 Å². The van der Waals surface area contributed by atoms with Crippen LogP contribution in [0.3, 0.4) is 0 Å². The maximum Gasteiger partial charge on any atom is 0.325 e. The fourth-order valence-electron chi connectivity index (χ4n) is 12.3. The molecule has 0 aliphatic carbocycles. The Bertz CT molecular complexity index is 4250. The third-order valence-corrected chi connectivity index (χ3v) is 17.9. The lowest BCUT2D eigenvalue weighted by molar-refractivity contribution is -0.144. The summed E-state index contributed by atoms with van der Waals surface area (Å²) in [6.07, 6.45) is 5.02. The van der Waals surface area contributed by atoms with Crippen molar-refractivity contribution in [3.63, 3.8) is 0 Å². The van der Waals surface area contributed by atoms with Crippen LogP contribution in [0, 0.1) is 5.92 Å². The highest BCUT2D eigenvalue weighted by molar-refractivity contribution is 6.01. The number of anilines is 2. The largest absolute Gasteiger partial charge is 0.480 e. The molecule has 0 spiro atoms. The van der Waals surface area contributed by atoms with Crippen molar-refractivity contribution in [3.8, 4) is 0 Å². The number of carboxylic acids is 1. The monoisotopic (exact) mass is 1530 g/mol. The van der Waals surface area contributed by atoms with E-state index in [1.54, 1.807) is 62.4 Å². The fourth-order valence-corrected chi connectivity index (χ4v) is 12.3. The third-order valence-electron chi connectivity index (χ3n) is 17.9. The number of fused-ring (bicyclic) bond motifs is 1. The Labute approximate surface area is 642 Å². The average molecular weight is 1530 g/mol. The molecule has 1 aliphatic rings. The van der Waals surface area contributed by atoms with Gasteiger partial charge >= 0.3 is 5.97 Å². The number of nitrogens with zero attached hydrogens (tertiary/aromatic N) is 4. The fraction of sp³-hybridized carbons (Fsp3) is 0.423. The van der Waals surface area contributed by atoms with Crippen molar-refractivity contribution in [3.05, 3.63) is 162 Å². The van der Waals surface area contributed by atoms with E-state index in [1.165, 1.54) is 75.6 Å². The van der Waals surface area contributed by atoms with Crippen molar-refractivity contribution in [1.29, 1.82) is 0 Å². The van der Waals surface area contributed by atoms with E-state index in [0.29, 0.717) is 59.4 Å². The van der Waals surface area contributed by atoms with Crippen LogP contribution in [0.1, 0.15) is 127 Å². The molecule has 15 N–H and O–H groups in total. The summed E-state index contributed by atoms with van der Waals surface area (Å²) in [6, 6.07) is 15.3. The highest BCUT2D eigenvalue weighted by Gasteiger charge is 2.41. The standard InChI is InChI=1S/C78H99N17O16/c1-44(2)35-59(68(100)87-58(18-11-12-31-81-45(3)4)77(109)95-34-14-19-66(95)75(107)83-46(5)78(110)111)88-69(101)61(37-50-21-26-56(27-22-50)84-47(6)97)89-70(102)62(38-51-23-28-57(29-24-51)85-48(7)98)90-74(106)65(43-96)92-71(103)63(40-53-15-13-30-79-41-53)91-76(108)67(94-73(105)64-42-80-32-33-82-64)93-72(104)60(86-49(8)99)39-52-20-25-54-16-9-10-17-55(54)36-52/h9-10,13,15-17,20-30,32-33,36,41-42,44-46,58-63,65-67,81,96H,11-12,14,18-19,31,34-35,37-40,43H2,1-8H3,(H,83,107)(H,84,97)(H,85,98)(H,86,99)(H,87,100)(H,88,101)(H,89,102)(H,90,106)(H,91,108)(H,92,103)(H,93,104)(H,94,105)(H,110,111)/t46-,58+,59+,60-,61-,62+,63-,65+,66+,67+/m1/s1. The summed E-state index contributed by atoms with van der Waals surface area (Å²) in [7, 11) is 0. The summed E-state index contributed by atoms with van der Waals surface area (Å²) < 4.78 is 0. The highest BCUT2D eigenvalue weighted by atomic mass is 16.4. The van der Waals surface area contributed by atoms with Gasteiger partial charge in [0.05, 0.1) is 12.8 Å². The number of carbonyl (C=O) groups excluding carboxylic acids is 13. The molecule has 111 heavy (non-hydrogen) atoms. The zero-order valence-corrected chi connectivity index (χ0v) is 63.2. The molecule has 33 heteroatoms. The minimum Gasteiger partial charge on any atom is -0.480 e. The predicted molar refractivity (Wildman–Crippen MR) is 409 cm³/mol. The van der Waals surface area contributed by atoms with Crippen LogP contribution in [-0.4, -0.2) is 199 Å². The lowest BCUT2D eigenvalue weighted by atomic mass is 9.99. The number of benzene rings is 4. The van der Waals surface area contributed by atoms with E-state index in [9.17, 15) is 67.7 Å². The molecule has 1 saturated heterocycles. The van der Waals surface area contributed by atoms with E-state index < -0.39 is 144 Å². The highest BCUT2D eigenvalue weighted by Crippen LogP contribution is 2.23. The molecule has 0 saturated carbocycles. The van der Waals surface area contributed by atoms with Crippen LogP contribution in [0.4, 0.5) is 11.4 Å². The number of rotatable bonds is 40. The first-order valence-corrected chi connectivity index (χ1v) is 36.7. The lowest BCUT2D eigenvalue weighted by Gasteiger charge is -2.31. The average Bonchev–Trinajstić information content (AvgIpc) is 1.36. The number of pyridine rings is 1. The number of aliphatic carboxylic acids is 1. The van der Waals surface area contributed by atoms with Gasteiger partial charge in [0.1, 0.15) is 60.1 Å². The molecule has 0 radical (unpaired) electrons. The number of amides is 13. The molecule has 2 aromatic heterocycles. The van der Waals surface area contributed by atoms with E-state index in [-0.39, 0.29) is 75.1 Å². The molecule has 33 nitrogen and oxygen atoms in total. The molecule has 592 valence electrons. The summed E-state index contributed by atoms with van der Waals surface area (Å²) in [5.74, 6) is -12.4. The van der Waals surface area contributed by atoms with Crippen molar-refractivity contribution < 1.29 is 77.3 Å². The van der Waals surface area contributed by atoms with Crippen molar-refractivity contribution in [2.24, 2.45) is 5.92 Å². The van der Waals surface area contributed by atoms with E-state index >= 15 is 9.59 Å². The Morgan fingerprint density at radius 3 is 1.54 bits per heavy atom. The number of hydrogen-bond acceptors (Lipinski definition) is 19. The molecule has 7 rings (SSSR count). The number of hydrogen-bond donors (Lipinski definition) is 15. The summed E-state index contributed by atoms with van der Waals surface area (Å²) in [4.78, 5) is 208. The lowest BCUT2D eigenvalue weighted by Crippen LogP contribution is -2.64. The first-order valence-electron chi connectivity index (χ1n) is 36.7. The zero-order chi connectivity index (χ0) is 80.8. The van der Waals surface area contributed by atoms with Gasteiger partial charge in [-0.15, -0.1) is 0 Å². The van der Waals surface area contributed by atoms with Gasteiger partial charge in [-0.05, 0) is 121 Å². The van der Waals surface area contributed by atoms with E-state index in [1.807, 2.05) is 50.2 Å². The first-order chi connectivity index (χ1) is 52.9. The van der Waals surface area contributed by atoms with Gasteiger partial charge in [-0.2, -0.15) is 0 Å². The molecule has 1 aliphatic heterocycles. The number of carbonyl (C=O) groups is 14. The van der Waals surface area contributed by atoms with Gasteiger partial charge in [0, 0.05) is 95.2 Å². The van der Waals surface area contributed by atoms with Crippen LogP contribution in [0.5, 0.6) is 0 Å². The number of likely N-dealkylation sites (tertiary alicyclic amines) is 1. The topological polar surface area (TPSA) is 478 Å². The Balaban J connectivity index is 1.18. The molecule has 6 aromatic rings. The number of nitrogens with one attached hydrogen (secondary N) is 13. The molecular formula is C78H99N17O16. The summed E-state index contributed by atoms with van der Waals surface area (Å²) in [6.45, 7) is 12.2. The Kier molecular flexibility index (Phi) is 33.0. The van der Waals surface area contributed by atoms with Crippen LogP contribution in [0.25, 0.3) is 10.8 Å². The maximum atomic E-state index is 15.3. The Hall–Kier alpha value is -12.1. The van der Waals surface area contributed by atoms with Crippen molar-refractivity contribution in [2.75, 3.05) is 30.3 Å². The second-order valence-electron chi connectivity index (χ2n) is 27.9. The van der Waals surface area contributed by atoms with Gasteiger partial charge in [-0.3, -0.25) is 77.1 Å². The molecular weight excluding hydrogens is 1430 g/mol. The molecule has 0 bridgehead atoms. The van der Waals surface area contributed by atoms with Crippen molar-refractivity contribution in [1.82, 2.24) is 78.3 Å². The third kappa shape index (κ3) is 27.8. The van der Waals surface area contributed by atoms with Gasteiger partial charge < -0.3 is 84.2 Å². The van der Waals surface area contributed by atoms with E-state index in [4.69, 9.17) is 0 Å². The van der Waals surface area contributed by atoms with Gasteiger partial charge in [-0.1, -0.05) is 100 Å². The summed E-state index contributed by atoms with van der Waals surface area (Å²) >= 11 is 0. The Morgan fingerprint density at radius 1 is 0.486 bits per heavy atom. The molecule has 4 aromatic carbocycles. The SMILES string of the molecule is CC(=O)Nc1ccc(C[C@H](NC(=O)[C@H](CO)NC(=O)[C@@H](Cc2cccnc2)NC(=O)[C@H](NC(=O)c2cnccn2)NC(=O)[C@@H](Cc2ccc3ccccc3c2)NC(C)=O)C(=O)N[C@H](Cc2ccc(NC(C)=O)cc2)C(=O)N[C@@H](CC(C)C)C(=O)N[C@@H](CCCCNC(C)C)C(=O)N2CCC[C@H]2C(=O)N[C@H](C)C(=O)O)cc1. The van der Waals surface area contributed by atoms with Crippen LogP contribution < -0.4 is 69.1 Å². The number of unbranched alkanes of at least 4 members (excludes halogenated alkanes) is 1.